The Bertz CT molecular complexity index is 420. The van der Waals surface area contributed by atoms with Gasteiger partial charge in [-0.15, -0.1) is 11.8 Å². The minimum absolute atomic E-state index is 0.0280. The molecular formula is C14H22N2O2S. The minimum atomic E-state index is -0.368. The van der Waals surface area contributed by atoms with Crippen LogP contribution >= 0.6 is 11.8 Å². The van der Waals surface area contributed by atoms with Crippen molar-refractivity contribution in [2.75, 3.05) is 12.3 Å². The summed E-state index contributed by atoms with van der Waals surface area (Å²) in [5.41, 5.74) is 5.36. The van der Waals surface area contributed by atoms with Crippen LogP contribution in [0.25, 0.3) is 0 Å². The summed E-state index contributed by atoms with van der Waals surface area (Å²) in [6.45, 7) is 6.46. The van der Waals surface area contributed by atoms with Crippen LogP contribution in [0.5, 0.6) is 5.75 Å². The van der Waals surface area contributed by atoms with E-state index in [9.17, 15) is 9.90 Å². The van der Waals surface area contributed by atoms with Gasteiger partial charge in [0.05, 0.1) is 11.3 Å². The van der Waals surface area contributed by atoms with Crippen molar-refractivity contribution in [3.05, 3.63) is 24.3 Å². The molecule has 1 aromatic carbocycles. The lowest BCUT2D eigenvalue weighted by molar-refractivity contribution is -0.120. The molecular weight excluding hydrogens is 260 g/mol. The number of nitrogens with two attached hydrogens (primary N) is 1. The lowest BCUT2D eigenvalue weighted by Gasteiger charge is -2.33. The quantitative estimate of drug-likeness (QED) is 0.697. The summed E-state index contributed by atoms with van der Waals surface area (Å²) in [4.78, 5) is 12.9. The molecule has 19 heavy (non-hydrogen) atoms. The van der Waals surface area contributed by atoms with Crippen LogP contribution in [0, 0.1) is 5.92 Å². The van der Waals surface area contributed by atoms with E-state index in [0.717, 1.165) is 4.90 Å². The lowest BCUT2D eigenvalue weighted by Crippen LogP contribution is -2.55. The molecule has 0 heterocycles. The van der Waals surface area contributed by atoms with Gasteiger partial charge in [0, 0.05) is 11.4 Å². The van der Waals surface area contributed by atoms with Crippen molar-refractivity contribution in [1.82, 2.24) is 5.32 Å². The number of thioether (sulfide) groups is 1. The number of nitrogens with one attached hydrogen (secondary N) is 1. The van der Waals surface area contributed by atoms with Crippen LogP contribution in [0.3, 0.4) is 0 Å². The monoisotopic (exact) mass is 282 g/mol. The average Bonchev–Trinajstić information content (AvgIpc) is 2.37. The molecule has 0 saturated heterocycles. The van der Waals surface area contributed by atoms with E-state index >= 15 is 0 Å². The Morgan fingerprint density at radius 3 is 2.47 bits per heavy atom. The topological polar surface area (TPSA) is 75.3 Å². The number of hydrogen-bond donors (Lipinski definition) is 3. The van der Waals surface area contributed by atoms with E-state index in [-0.39, 0.29) is 23.1 Å². The van der Waals surface area contributed by atoms with Crippen LogP contribution in [0.2, 0.25) is 0 Å². The van der Waals surface area contributed by atoms with Gasteiger partial charge < -0.3 is 16.2 Å². The molecule has 0 saturated carbocycles. The number of carbonyl (C=O) groups is 1. The molecule has 0 aromatic heterocycles. The molecule has 1 aromatic rings. The number of benzene rings is 1. The normalized spacial score (nSPS) is 14.2. The second kappa shape index (κ2) is 6.82. The Hall–Kier alpha value is -1.20. The van der Waals surface area contributed by atoms with Gasteiger partial charge in [0.2, 0.25) is 5.91 Å². The molecule has 4 nitrogen and oxygen atoms in total. The van der Waals surface area contributed by atoms with Gasteiger partial charge in [-0.25, -0.2) is 0 Å². The van der Waals surface area contributed by atoms with Crippen molar-refractivity contribution in [1.29, 1.82) is 0 Å². The zero-order chi connectivity index (χ0) is 14.5. The lowest BCUT2D eigenvalue weighted by atomic mass is 9.88. The number of rotatable bonds is 6. The highest BCUT2D eigenvalue weighted by molar-refractivity contribution is 8.00. The van der Waals surface area contributed by atoms with Gasteiger partial charge in [-0.2, -0.15) is 0 Å². The fourth-order valence-corrected chi connectivity index (χ4v) is 2.18. The maximum absolute atomic E-state index is 11.9. The van der Waals surface area contributed by atoms with Crippen molar-refractivity contribution < 1.29 is 9.90 Å². The molecule has 5 heteroatoms. The molecule has 0 fully saturated rings. The molecule has 1 rings (SSSR count). The minimum Gasteiger partial charge on any atom is -0.508 e. The van der Waals surface area contributed by atoms with Crippen LogP contribution in [0.1, 0.15) is 20.8 Å². The van der Waals surface area contributed by atoms with Gasteiger partial charge in [0.1, 0.15) is 5.75 Å². The van der Waals surface area contributed by atoms with Crippen LogP contribution < -0.4 is 11.1 Å². The average molecular weight is 282 g/mol. The Kier molecular flexibility index (Phi) is 5.69. The largest absolute Gasteiger partial charge is 0.508 e. The van der Waals surface area contributed by atoms with Crippen LogP contribution in [0.15, 0.2) is 29.2 Å². The Balaban J connectivity index is 2.50. The highest BCUT2D eigenvalue weighted by atomic mass is 32.2. The molecule has 0 bridgehead atoms. The first-order valence-corrected chi connectivity index (χ1v) is 7.29. The van der Waals surface area contributed by atoms with E-state index in [1.807, 2.05) is 20.8 Å². The molecule has 0 aliphatic heterocycles. The fraction of sp³-hybridized carbons (Fsp3) is 0.500. The third-order valence-corrected chi connectivity index (χ3v) is 4.34. The smallest absolute Gasteiger partial charge is 0.230 e. The molecule has 106 valence electrons. The van der Waals surface area contributed by atoms with Gasteiger partial charge >= 0.3 is 0 Å². The van der Waals surface area contributed by atoms with E-state index in [0.29, 0.717) is 12.3 Å². The van der Waals surface area contributed by atoms with Crippen molar-refractivity contribution >= 4 is 17.7 Å². The summed E-state index contributed by atoms with van der Waals surface area (Å²) < 4.78 is 0. The van der Waals surface area contributed by atoms with E-state index < -0.39 is 0 Å². The summed E-state index contributed by atoms with van der Waals surface area (Å²) in [6.07, 6.45) is 0. The number of phenolic OH excluding ortho intramolecular Hbond substituents is 1. The number of amides is 1. The SMILES string of the molecule is CC(C)C(C)(CN)NC(=O)CSc1ccc(O)cc1. The van der Waals surface area contributed by atoms with Crippen LogP contribution in [-0.4, -0.2) is 28.9 Å². The van der Waals surface area contributed by atoms with Gasteiger partial charge in [0.15, 0.2) is 0 Å². The Morgan fingerprint density at radius 1 is 1.42 bits per heavy atom. The number of hydrogen-bond acceptors (Lipinski definition) is 4. The molecule has 0 aliphatic carbocycles. The molecule has 1 amide bonds. The summed E-state index contributed by atoms with van der Waals surface area (Å²) in [5.74, 6) is 0.816. The fourth-order valence-electron chi connectivity index (χ4n) is 1.48. The molecule has 0 spiro atoms. The second-order valence-corrected chi connectivity index (χ2v) is 6.16. The third-order valence-electron chi connectivity index (χ3n) is 3.33. The van der Waals surface area contributed by atoms with Crippen molar-refractivity contribution in [3.63, 3.8) is 0 Å². The van der Waals surface area contributed by atoms with E-state index in [1.54, 1.807) is 24.3 Å². The van der Waals surface area contributed by atoms with Crippen molar-refractivity contribution in [2.24, 2.45) is 11.7 Å². The Labute approximate surface area is 118 Å². The molecule has 1 atom stereocenters. The predicted molar refractivity (Wildman–Crippen MR) is 79.3 cm³/mol. The summed E-state index contributed by atoms with van der Waals surface area (Å²) in [6, 6.07) is 6.80. The number of carbonyl (C=O) groups excluding carboxylic acids is 1. The first kappa shape index (κ1) is 15.9. The van der Waals surface area contributed by atoms with E-state index in [1.165, 1.54) is 11.8 Å². The summed E-state index contributed by atoms with van der Waals surface area (Å²) in [7, 11) is 0. The third kappa shape index (κ3) is 4.76. The van der Waals surface area contributed by atoms with Crippen molar-refractivity contribution in [2.45, 2.75) is 31.2 Å². The summed E-state index contributed by atoms with van der Waals surface area (Å²) in [5, 5.41) is 12.2. The number of phenols is 1. The van der Waals surface area contributed by atoms with Crippen molar-refractivity contribution in [3.8, 4) is 5.75 Å². The van der Waals surface area contributed by atoms with Crippen LogP contribution in [-0.2, 0) is 4.79 Å². The van der Waals surface area contributed by atoms with E-state index in [4.69, 9.17) is 5.73 Å². The van der Waals surface area contributed by atoms with Crippen LogP contribution in [0.4, 0.5) is 0 Å². The van der Waals surface area contributed by atoms with Gasteiger partial charge in [-0.1, -0.05) is 13.8 Å². The maximum Gasteiger partial charge on any atom is 0.230 e. The first-order valence-electron chi connectivity index (χ1n) is 6.30. The molecule has 0 radical (unpaired) electrons. The molecule has 4 N–H and O–H groups in total. The second-order valence-electron chi connectivity index (χ2n) is 5.11. The highest BCUT2D eigenvalue weighted by Crippen LogP contribution is 2.21. The zero-order valence-corrected chi connectivity index (χ0v) is 12.5. The first-order chi connectivity index (χ1) is 8.87. The van der Waals surface area contributed by atoms with E-state index in [2.05, 4.69) is 5.32 Å². The highest BCUT2D eigenvalue weighted by Gasteiger charge is 2.28. The standard InChI is InChI=1S/C14H22N2O2S/c1-10(2)14(3,9-15)16-13(18)8-19-12-6-4-11(17)5-7-12/h4-7,10,17H,8-9,15H2,1-3H3,(H,16,18). The molecule has 1 unspecified atom stereocenters. The van der Waals surface area contributed by atoms with Gasteiger partial charge in [0.25, 0.3) is 0 Å². The molecule has 0 aliphatic rings. The maximum atomic E-state index is 11.9. The van der Waals surface area contributed by atoms with Gasteiger partial charge in [-0.05, 0) is 37.1 Å². The Morgan fingerprint density at radius 2 is 2.00 bits per heavy atom. The summed E-state index contributed by atoms with van der Waals surface area (Å²) >= 11 is 1.44. The number of aromatic hydroxyl groups is 1. The van der Waals surface area contributed by atoms with Gasteiger partial charge in [-0.3, -0.25) is 4.79 Å². The zero-order valence-electron chi connectivity index (χ0n) is 11.6. The predicted octanol–water partition coefficient (Wildman–Crippen LogP) is 1.97.